The first-order valence-corrected chi connectivity index (χ1v) is 17.4. The second-order valence-corrected chi connectivity index (χ2v) is 15.2. The Kier molecular flexibility index (Phi) is 12.1. The van der Waals surface area contributed by atoms with Crippen LogP contribution in [0, 0.1) is 32.8 Å². The molecule has 0 unspecified atom stereocenters. The summed E-state index contributed by atoms with van der Waals surface area (Å²) in [5.41, 5.74) is 5.23. The predicted molar refractivity (Wildman–Crippen MR) is 199 cm³/mol. The summed E-state index contributed by atoms with van der Waals surface area (Å²) >= 11 is 1.40. The summed E-state index contributed by atoms with van der Waals surface area (Å²) < 4.78 is 78.4. The molecule has 0 saturated heterocycles. The maximum Gasteiger partial charge on any atom is 0.454 e. The number of aromatic nitrogens is 1. The van der Waals surface area contributed by atoms with Crippen LogP contribution in [0.25, 0.3) is 53.3 Å². The number of hydrogen-bond donors (Lipinski definition) is 1. The summed E-state index contributed by atoms with van der Waals surface area (Å²) in [5, 5.41) is 13.3. The quantitative estimate of drug-likeness (QED) is 0.0829. The smallest absolute Gasteiger partial charge is 0.454 e. The first-order valence-electron chi connectivity index (χ1n) is 16.6. The van der Waals surface area contributed by atoms with E-state index in [-0.39, 0.29) is 37.0 Å². The van der Waals surface area contributed by atoms with Crippen molar-refractivity contribution in [3.63, 3.8) is 0 Å². The van der Waals surface area contributed by atoms with Gasteiger partial charge >= 0.3 is 12.4 Å². The normalized spacial score (nSPS) is 12.6. The molecule has 2 aromatic heterocycles. The Morgan fingerprint density at radius 2 is 1.47 bits per heavy atom. The van der Waals surface area contributed by atoms with E-state index in [9.17, 15) is 31.1 Å². The van der Waals surface area contributed by atoms with Gasteiger partial charge in [-0.15, -0.1) is 40.5 Å². The summed E-state index contributed by atoms with van der Waals surface area (Å²) in [5.74, 6) is -3.07. The number of fused-ring (bicyclic) bond motifs is 3. The minimum absolute atomic E-state index is 0. The van der Waals surface area contributed by atoms with Gasteiger partial charge in [0.15, 0.2) is 0 Å². The molecule has 3 nitrogen and oxygen atoms in total. The molecule has 0 saturated carbocycles. The topological polar surface area (TPSA) is 50.2 Å². The fraction of sp³-hybridized carbons (Fsp3) is 0.286. The van der Waals surface area contributed by atoms with E-state index in [1.165, 1.54) is 25.2 Å². The molecular weight excluding hydrogens is 889 g/mol. The third kappa shape index (κ3) is 8.53. The second-order valence-electron chi connectivity index (χ2n) is 14.2. The van der Waals surface area contributed by atoms with Crippen molar-refractivity contribution in [2.75, 3.05) is 0 Å². The molecule has 4 aromatic carbocycles. The Balaban J connectivity index is 0.000000418. The van der Waals surface area contributed by atoms with E-state index >= 15 is 0 Å². The number of benzene rings is 4. The number of rotatable bonds is 4. The van der Waals surface area contributed by atoms with Gasteiger partial charge in [-0.05, 0) is 59.2 Å². The average Bonchev–Trinajstić information content (AvgIpc) is 3.38. The summed E-state index contributed by atoms with van der Waals surface area (Å²) in [6.45, 7) is 15.3. The number of alkyl halides is 6. The number of carbonyl (C=O) groups excluding carboxylic acids is 1. The number of ketones is 1. The zero-order chi connectivity index (χ0) is 38.5. The van der Waals surface area contributed by atoms with Crippen LogP contribution in [0.15, 0.2) is 78.7 Å². The number of thiophene rings is 1. The molecule has 0 aliphatic carbocycles. The molecule has 2 heterocycles. The summed E-state index contributed by atoms with van der Waals surface area (Å²) in [7, 11) is 0. The summed E-state index contributed by atoms with van der Waals surface area (Å²) in [6, 6.07) is 23.9. The van der Waals surface area contributed by atoms with Crippen LogP contribution >= 0.6 is 11.3 Å². The van der Waals surface area contributed by atoms with Crippen LogP contribution in [-0.4, -0.2) is 22.1 Å². The number of allylic oxidation sites excluding steroid dienone is 2. The molecule has 6 rings (SSSR count). The van der Waals surface area contributed by atoms with Gasteiger partial charge in [0, 0.05) is 59.0 Å². The van der Waals surface area contributed by atoms with E-state index < -0.39 is 35.4 Å². The zero-order valence-electron chi connectivity index (χ0n) is 30.3. The molecule has 0 aliphatic rings. The molecule has 6 aromatic rings. The molecule has 53 heavy (non-hydrogen) atoms. The molecule has 0 aliphatic heterocycles. The van der Waals surface area contributed by atoms with E-state index in [4.69, 9.17) is 5.11 Å². The van der Waals surface area contributed by atoms with Gasteiger partial charge in [0.25, 0.3) is 5.78 Å². The molecule has 0 amide bonds. The zero-order valence-corrected chi connectivity index (χ0v) is 33.5. The molecule has 11 heteroatoms. The maximum atomic E-state index is 14.4. The van der Waals surface area contributed by atoms with Crippen LogP contribution < -0.4 is 0 Å². The second kappa shape index (κ2) is 15.4. The monoisotopic (exact) mass is 927 g/mol. The van der Waals surface area contributed by atoms with Crippen LogP contribution in [0.1, 0.15) is 62.4 Å². The van der Waals surface area contributed by atoms with Gasteiger partial charge in [0.1, 0.15) is 0 Å². The molecule has 0 fully saturated rings. The Labute approximate surface area is 322 Å². The van der Waals surface area contributed by atoms with Gasteiger partial charge in [0.2, 0.25) is 0 Å². The van der Waals surface area contributed by atoms with Crippen LogP contribution in [0.2, 0.25) is 0 Å². The largest absolute Gasteiger partial charge is 0.512 e. The van der Waals surface area contributed by atoms with Gasteiger partial charge in [-0.1, -0.05) is 94.1 Å². The first-order chi connectivity index (χ1) is 24.1. The summed E-state index contributed by atoms with van der Waals surface area (Å²) in [4.78, 5) is 15.5. The maximum absolute atomic E-state index is 14.4. The van der Waals surface area contributed by atoms with Crippen molar-refractivity contribution in [3.8, 4) is 21.7 Å². The van der Waals surface area contributed by atoms with Gasteiger partial charge in [0.05, 0.1) is 11.3 Å². The van der Waals surface area contributed by atoms with Gasteiger partial charge in [-0.3, -0.25) is 9.78 Å². The minimum Gasteiger partial charge on any atom is -0.512 e. The number of hydrogen-bond acceptors (Lipinski definition) is 4. The molecule has 0 atom stereocenters. The van der Waals surface area contributed by atoms with Crippen molar-refractivity contribution in [1.82, 2.24) is 4.98 Å². The van der Waals surface area contributed by atoms with Crippen molar-refractivity contribution in [2.45, 2.75) is 73.2 Å². The number of halogens is 6. The number of aryl methyl sites for hydroxylation is 3. The van der Waals surface area contributed by atoms with Gasteiger partial charge < -0.3 is 5.11 Å². The number of aliphatic hydroxyl groups excluding tert-OH is 1. The Bertz CT molecular complexity index is 2370. The van der Waals surface area contributed by atoms with Crippen molar-refractivity contribution < 1.29 is 56.3 Å². The molecule has 1 radical (unpaired) electrons. The molecule has 0 bridgehead atoms. The number of pyridine rings is 1. The Hall–Kier alpha value is -4.05. The van der Waals surface area contributed by atoms with Gasteiger partial charge in [-0.2, -0.15) is 26.3 Å². The third-order valence-electron chi connectivity index (χ3n) is 8.98. The van der Waals surface area contributed by atoms with E-state index in [0.717, 1.165) is 54.9 Å². The predicted octanol–water partition coefficient (Wildman–Crippen LogP) is 13.2. The number of carbonyl (C=O) groups is 1. The number of aliphatic hydroxyl groups is 1. The van der Waals surface area contributed by atoms with E-state index in [1.807, 2.05) is 44.2 Å². The Morgan fingerprint density at radius 1 is 0.868 bits per heavy atom. The summed E-state index contributed by atoms with van der Waals surface area (Å²) in [6.07, 6.45) is -8.22. The SMILES string of the molecule is CC(C)/C(O)=C/C(=O)C(F)(F)F.Cc1cc2ccccc2c(C)c1-c1sc2c(-c3[c-]c4ccccc4c(C(C)(C)C)c3)ncc(C(F)(F)F)c2c1C.[Ir]. The van der Waals surface area contributed by atoms with Crippen LogP contribution in [0.4, 0.5) is 26.3 Å². The van der Waals surface area contributed by atoms with E-state index in [2.05, 4.69) is 69.1 Å². The fourth-order valence-corrected chi connectivity index (χ4v) is 7.81. The standard InChI is InChI=1S/C35H29F3NS.C7H9F3O2.Ir/c1-19-15-22-11-7-9-13-25(22)20(2)29(19)32-21(3)30-28(35(36,37)38)18-39-31(33(30)40-32)24-16-23-12-8-10-14-26(23)27(17-24)34(4,5)6;1-4(2)5(11)3-6(12)7(8,9)10;/h7-15,17-18H,1-6H3;3-4,11H,1-2H3;/q-1;;/b;5-3-;. The van der Waals surface area contributed by atoms with Crippen LogP contribution in [0.3, 0.4) is 0 Å². The first kappa shape index (κ1) is 41.7. The molecule has 0 spiro atoms. The van der Waals surface area contributed by atoms with Crippen LogP contribution in [-0.2, 0) is 36.5 Å². The average molecular weight is 927 g/mol. The third-order valence-corrected chi connectivity index (χ3v) is 10.3. The minimum atomic E-state index is -4.90. The fourth-order valence-electron chi connectivity index (χ4n) is 6.31. The van der Waals surface area contributed by atoms with E-state index in [1.54, 1.807) is 0 Å². The molecule has 1 N–H and O–H groups in total. The molecular formula is C42H38F6IrNO2S-. The van der Waals surface area contributed by atoms with Crippen molar-refractivity contribution in [3.05, 3.63) is 113 Å². The van der Waals surface area contributed by atoms with Gasteiger partial charge in [-0.25, -0.2) is 0 Å². The molecule has 281 valence electrons. The van der Waals surface area contributed by atoms with Crippen molar-refractivity contribution in [2.24, 2.45) is 5.92 Å². The Morgan fingerprint density at radius 3 is 2.06 bits per heavy atom. The van der Waals surface area contributed by atoms with Crippen molar-refractivity contribution in [1.29, 1.82) is 0 Å². The van der Waals surface area contributed by atoms with Crippen LogP contribution in [0.5, 0.6) is 0 Å². The van der Waals surface area contributed by atoms with Crippen molar-refractivity contribution >= 4 is 48.8 Å². The van der Waals surface area contributed by atoms with E-state index in [0.29, 0.717) is 21.5 Å². The number of nitrogens with zero attached hydrogens (tertiary/aromatic N) is 1.